The van der Waals surface area contributed by atoms with E-state index in [1.54, 1.807) is 0 Å². The molecule has 1 saturated heterocycles. The monoisotopic (exact) mass is 384 g/mol. The number of rotatable bonds is 3. The normalized spacial score (nSPS) is 16.6. The molecule has 0 spiro atoms. The summed E-state index contributed by atoms with van der Waals surface area (Å²) in [7, 11) is 0. The lowest BCUT2D eigenvalue weighted by molar-refractivity contribution is -0.133. The van der Waals surface area contributed by atoms with Crippen LogP contribution in [-0.2, 0) is 11.3 Å². The van der Waals surface area contributed by atoms with Crippen LogP contribution in [0.25, 0.3) is 0 Å². The van der Waals surface area contributed by atoms with E-state index in [1.807, 2.05) is 59.5 Å². The zero-order chi connectivity index (χ0) is 19.6. The van der Waals surface area contributed by atoms with Gasteiger partial charge in [-0.3, -0.25) is 9.69 Å². The van der Waals surface area contributed by atoms with E-state index in [9.17, 15) is 4.79 Å². The van der Waals surface area contributed by atoms with Crippen LogP contribution in [0.2, 0.25) is 0 Å². The van der Waals surface area contributed by atoms with Gasteiger partial charge in [-0.1, -0.05) is 66.7 Å². The quantitative estimate of drug-likeness (QED) is 0.676. The van der Waals surface area contributed by atoms with Crippen molar-refractivity contribution >= 4 is 5.91 Å². The van der Waals surface area contributed by atoms with Crippen LogP contribution < -0.4 is 4.74 Å². The second kappa shape index (κ2) is 7.72. The van der Waals surface area contributed by atoms with Crippen LogP contribution in [-0.4, -0.2) is 41.9 Å². The van der Waals surface area contributed by atoms with Gasteiger partial charge >= 0.3 is 0 Å². The van der Waals surface area contributed by atoms with Gasteiger partial charge in [0, 0.05) is 43.9 Å². The Hall–Kier alpha value is -3.11. The third-order valence-electron chi connectivity index (χ3n) is 5.86. The number of fused-ring (bicyclic) bond motifs is 2. The van der Waals surface area contributed by atoms with Gasteiger partial charge in [0.05, 0.1) is 5.92 Å². The first-order valence-electron chi connectivity index (χ1n) is 10.2. The van der Waals surface area contributed by atoms with Crippen molar-refractivity contribution in [2.45, 2.75) is 12.5 Å². The molecular formula is C25H24N2O2. The summed E-state index contributed by atoms with van der Waals surface area (Å²) < 4.78 is 6.05. The molecule has 1 amide bonds. The summed E-state index contributed by atoms with van der Waals surface area (Å²) in [6.45, 7) is 4.24. The van der Waals surface area contributed by atoms with E-state index in [-0.39, 0.29) is 11.8 Å². The Kier molecular flexibility index (Phi) is 4.78. The molecule has 146 valence electrons. The number of nitrogens with zero attached hydrogens (tertiary/aromatic N) is 2. The molecule has 0 N–H and O–H groups in total. The molecule has 0 aliphatic carbocycles. The molecule has 1 fully saturated rings. The van der Waals surface area contributed by atoms with Gasteiger partial charge in [0.2, 0.25) is 5.91 Å². The highest BCUT2D eigenvalue weighted by molar-refractivity contribution is 5.89. The van der Waals surface area contributed by atoms with Crippen LogP contribution in [0.3, 0.4) is 0 Å². The van der Waals surface area contributed by atoms with Crippen molar-refractivity contribution in [3.8, 4) is 11.5 Å². The molecule has 4 nitrogen and oxygen atoms in total. The van der Waals surface area contributed by atoms with Gasteiger partial charge in [-0.15, -0.1) is 0 Å². The molecule has 0 aromatic heterocycles. The molecular weight excluding hydrogens is 360 g/mol. The van der Waals surface area contributed by atoms with Crippen LogP contribution in [0.5, 0.6) is 11.5 Å². The van der Waals surface area contributed by atoms with Gasteiger partial charge in [-0.25, -0.2) is 0 Å². The smallest absolute Gasteiger partial charge is 0.234 e. The average Bonchev–Trinajstić information content (AvgIpc) is 2.78. The number of para-hydroxylation sites is 2. The maximum absolute atomic E-state index is 13.6. The Morgan fingerprint density at radius 2 is 1.31 bits per heavy atom. The summed E-state index contributed by atoms with van der Waals surface area (Å²) in [5.74, 6) is 1.45. The highest BCUT2D eigenvalue weighted by Crippen LogP contribution is 2.44. The number of carbonyl (C=O) groups excluding carboxylic acids is 1. The summed E-state index contributed by atoms with van der Waals surface area (Å²) >= 11 is 0. The van der Waals surface area contributed by atoms with E-state index in [0.717, 1.165) is 55.3 Å². The molecule has 3 aromatic carbocycles. The summed E-state index contributed by atoms with van der Waals surface area (Å²) in [6.07, 6.45) is 0. The van der Waals surface area contributed by atoms with Gasteiger partial charge in [-0.2, -0.15) is 0 Å². The minimum atomic E-state index is -0.295. The van der Waals surface area contributed by atoms with E-state index >= 15 is 0 Å². The van der Waals surface area contributed by atoms with Crippen LogP contribution in [0.1, 0.15) is 22.6 Å². The predicted molar refractivity (Wildman–Crippen MR) is 113 cm³/mol. The van der Waals surface area contributed by atoms with Crippen molar-refractivity contribution < 1.29 is 9.53 Å². The first-order valence-corrected chi connectivity index (χ1v) is 10.2. The Morgan fingerprint density at radius 1 is 0.759 bits per heavy atom. The highest BCUT2D eigenvalue weighted by Gasteiger charge is 2.36. The fourth-order valence-electron chi connectivity index (χ4n) is 4.33. The molecule has 2 heterocycles. The largest absolute Gasteiger partial charge is 0.457 e. The molecule has 2 aliphatic heterocycles. The summed E-state index contributed by atoms with van der Waals surface area (Å²) in [6, 6.07) is 26.3. The van der Waals surface area contributed by atoms with E-state index in [4.69, 9.17) is 4.74 Å². The number of piperazine rings is 1. The molecule has 29 heavy (non-hydrogen) atoms. The molecule has 2 aliphatic rings. The minimum absolute atomic E-state index is 0.174. The molecule has 0 atom stereocenters. The van der Waals surface area contributed by atoms with Gasteiger partial charge in [0.15, 0.2) is 0 Å². The lowest BCUT2D eigenvalue weighted by Gasteiger charge is -2.38. The van der Waals surface area contributed by atoms with E-state index in [0.29, 0.717) is 0 Å². The van der Waals surface area contributed by atoms with E-state index in [2.05, 4.69) is 29.2 Å². The number of hydrogen-bond donors (Lipinski definition) is 0. The molecule has 4 heteroatoms. The Morgan fingerprint density at radius 3 is 1.93 bits per heavy atom. The summed E-state index contributed by atoms with van der Waals surface area (Å²) in [5.41, 5.74) is 3.24. The molecule has 0 unspecified atom stereocenters. The Bertz CT molecular complexity index is 965. The molecule has 0 bridgehead atoms. The lowest BCUT2D eigenvalue weighted by Crippen LogP contribution is -2.49. The number of benzene rings is 3. The zero-order valence-corrected chi connectivity index (χ0v) is 16.3. The van der Waals surface area contributed by atoms with Crippen LogP contribution in [0, 0.1) is 0 Å². The zero-order valence-electron chi connectivity index (χ0n) is 16.3. The maximum atomic E-state index is 13.6. The third-order valence-corrected chi connectivity index (χ3v) is 5.86. The highest BCUT2D eigenvalue weighted by atomic mass is 16.5. The van der Waals surface area contributed by atoms with Gasteiger partial charge in [0.1, 0.15) is 11.5 Å². The van der Waals surface area contributed by atoms with Crippen molar-refractivity contribution in [2.75, 3.05) is 26.2 Å². The van der Waals surface area contributed by atoms with Gasteiger partial charge in [0.25, 0.3) is 0 Å². The predicted octanol–water partition coefficient (Wildman–Crippen LogP) is 4.27. The fraction of sp³-hybridized carbons (Fsp3) is 0.240. The summed E-state index contributed by atoms with van der Waals surface area (Å²) in [5, 5.41) is 0. The first-order chi connectivity index (χ1) is 14.3. The lowest BCUT2D eigenvalue weighted by atomic mass is 9.86. The van der Waals surface area contributed by atoms with Gasteiger partial charge in [-0.05, 0) is 17.7 Å². The second-order valence-corrected chi connectivity index (χ2v) is 7.70. The molecule has 0 saturated carbocycles. The SMILES string of the molecule is O=C(C1c2ccccc2Oc2ccccc21)N1CCN(Cc2ccccc2)CC1. The summed E-state index contributed by atoms with van der Waals surface area (Å²) in [4.78, 5) is 18.0. The van der Waals surface area contributed by atoms with Crippen molar-refractivity contribution in [2.24, 2.45) is 0 Å². The third kappa shape index (κ3) is 3.52. The van der Waals surface area contributed by atoms with Crippen LogP contribution in [0.15, 0.2) is 78.9 Å². The number of amides is 1. The van der Waals surface area contributed by atoms with Crippen molar-refractivity contribution in [3.05, 3.63) is 95.6 Å². The Balaban J connectivity index is 1.34. The fourth-order valence-corrected chi connectivity index (χ4v) is 4.33. The standard InChI is InChI=1S/C25H24N2O2/c28-25(27-16-14-26(15-17-27)18-19-8-2-1-3-9-19)24-20-10-4-6-12-22(20)29-23-13-7-5-11-21(23)24/h1-13,24H,14-18H2. The Labute approximate surface area is 171 Å². The molecule has 5 rings (SSSR count). The van der Waals surface area contributed by atoms with E-state index < -0.39 is 0 Å². The van der Waals surface area contributed by atoms with Crippen molar-refractivity contribution in [1.29, 1.82) is 0 Å². The van der Waals surface area contributed by atoms with Crippen molar-refractivity contribution in [3.63, 3.8) is 0 Å². The van der Waals surface area contributed by atoms with E-state index in [1.165, 1.54) is 5.56 Å². The first kappa shape index (κ1) is 18.0. The van der Waals surface area contributed by atoms with Crippen molar-refractivity contribution in [1.82, 2.24) is 9.80 Å². The molecule has 3 aromatic rings. The number of ether oxygens (including phenoxy) is 1. The van der Waals surface area contributed by atoms with Crippen LogP contribution in [0.4, 0.5) is 0 Å². The van der Waals surface area contributed by atoms with Crippen LogP contribution >= 0.6 is 0 Å². The second-order valence-electron chi connectivity index (χ2n) is 7.70. The van der Waals surface area contributed by atoms with Gasteiger partial charge < -0.3 is 9.64 Å². The topological polar surface area (TPSA) is 32.8 Å². The number of carbonyl (C=O) groups is 1. The average molecular weight is 384 g/mol. The molecule has 0 radical (unpaired) electrons. The maximum Gasteiger partial charge on any atom is 0.234 e. The minimum Gasteiger partial charge on any atom is -0.457 e. The number of hydrogen-bond acceptors (Lipinski definition) is 3.